The van der Waals surface area contributed by atoms with Gasteiger partial charge in [0.1, 0.15) is 0 Å². The zero-order chi connectivity index (χ0) is 7.28. The van der Waals surface area contributed by atoms with Crippen molar-refractivity contribution in [3.05, 3.63) is 9.66 Å². The molecule has 0 aromatic heterocycles. The summed E-state index contributed by atoms with van der Waals surface area (Å²) >= 11 is 2.18. The molecule has 0 aliphatic heterocycles. The standard InChI is InChI=1S/C6H11IN2/c1-5(2)6(3-7)4-9-8/h3-5H,8H2,1-2H3/b6-3+,9-4-. The Morgan fingerprint density at radius 1 is 1.67 bits per heavy atom. The first-order chi connectivity index (χ1) is 4.22. The lowest BCUT2D eigenvalue weighted by molar-refractivity contribution is 0.808. The van der Waals surface area contributed by atoms with Crippen molar-refractivity contribution in [3.8, 4) is 0 Å². The van der Waals surface area contributed by atoms with Crippen molar-refractivity contribution in [2.45, 2.75) is 13.8 Å². The van der Waals surface area contributed by atoms with E-state index in [2.05, 4.69) is 41.5 Å². The molecule has 0 aliphatic rings. The van der Waals surface area contributed by atoms with E-state index in [-0.39, 0.29) is 0 Å². The second-order valence-corrected chi connectivity index (χ2v) is 2.66. The first-order valence-corrected chi connectivity index (χ1v) is 4.00. The molecule has 0 heterocycles. The average molecular weight is 238 g/mol. The van der Waals surface area contributed by atoms with Crippen molar-refractivity contribution in [1.29, 1.82) is 0 Å². The molecule has 0 unspecified atom stereocenters. The van der Waals surface area contributed by atoms with Gasteiger partial charge in [-0.25, -0.2) is 0 Å². The van der Waals surface area contributed by atoms with Crippen molar-refractivity contribution in [3.63, 3.8) is 0 Å². The van der Waals surface area contributed by atoms with Gasteiger partial charge < -0.3 is 5.84 Å². The van der Waals surface area contributed by atoms with Crippen LogP contribution in [-0.4, -0.2) is 6.21 Å². The molecule has 0 bridgehead atoms. The number of nitrogens with zero attached hydrogens (tertiary/aromatic N) is 1. The van der Waals surface area contributed by atoms with Crippen molar-refractivity contribution < 1.29 is 0 Å². The molecule has 0 rings (SSSR count). The molecular formula is C6H11IN2. The van der Waals surface area contributed by atoms with Crippen LogP contribution in [0.4, 0.5) is 0 Å². The third-order valence-corrected chi connectivity index (χ3v) is 1.74. The van der Waals surface area contributed by atoms with Crippen LogP contribution in [0.5, 0.6) is 0 Å². The van der Waals surface area contributed by atoms with Gasteiger partial charge in [-0.15, -0.1) is 0 Å². The van der Waals surface area contributed by atoms with Crippen LogP contribution in [0.15, 0.2) is 14.8 Å². The summed E-state index contributed by atoms with van der Waals surface area (Å²) in [5.74, 6) is 5.48. The van der Waals surface area contributed by atoms with Crippen molar-refractivity contribution >= 4 is 28.8 Å². The minimum absolute atomic E-state index is 0.509. The highest BCUT2D eigenvalue weighted by atomic mass is 127. The minimum atomic E-state index is 0.509. The topological polar surface area (TPSA) is 38.4 Å². The van der Waals surface area contributed by atoms with Gasteiger partial charge >= 0.3 is 0 Å². The number of halogens is 1. The van der Waals surface area contributed by atoms with Gasteiger partial charge in [-0.3, -0.25) is 0 Å². The summed E-state index contributed by atoms with van der Waals surface area (Å²) in [5.41, 5.74) is 1.16. The van der Waals surface area contributed by atoms with Gasteiger partial charge in [0.25, 0.3) is 0 Å². The molecule has 0 aromatic rings. The van der Waals surface area contributed by atoms with E-state index < -0.39 is 0 Å². The van der Waals surface area contributed by atoms with Crippen molar-refractivity contribution in [2.24, 2.45) is 16.9 Å². The molecule has 0 saturated heterocycles. The van der Waals surface area contributed by atoms with E-state index in [9.17, 15) is 0 Å². The number of hydrazone groups is 1. The third-order valence-electron chi connectivity index (χ3n) is 1.02. The maximum atomic E-state index is 4.97. The fraction of sp³-hybridized carbons (Fsp3) is 0.500. The fourth-order valence-corrected chi connectivity index (χ4v) is 1.27. The van der Waals surface area contributed by atoms with Crippen LogP contribution in [-0.2, 0) is 0 Å². The zero-order valence-electron chi connectivity index (χ0n) is 5.63. The Balaban J connectivity index is 4.01. The molecule has 0 aromatic carbocycles. The van der Waals surface area contributed by atoms with E-state index in [0.717, 1.165) is 5.57 Å². The number of nitrogens with two attached hydrogens (primary N) is 1. The Morgan fingerprint density at radius 3 is 2.33 bits per heavy atom. The van der Waals surface area contributed by atoms with Crippen LogP contribution < -0.4 is 5.84 Å². The normalized spacial score (nSPS) is 13.6. The Labute approximate surface area is 69.3 Å². The SMILES string of the molecule is CC(C)C(/C=N\N)=C/I. The Hall–Kier alpha value is -0.0600. The van der Waals surface area contributed by atoms with Crippen LogP contribution in [0.1, 0.15) is 13.8 Å². The van der Waals surface area contributed by atoms with Crippen LogP contribution in [0.3, 0.4) is 0 Å². The summed E-state index contributed by atoms with van der Waals surface area (Å²) in [4.78, 5) is 0. The highest BCUT2D eigenvalue weighted by molar-refractivity contribution is 14.1. The molecule has 0 atom stereocenters. The second-order valence-electron chi connectivity index (χ2n) is 2.04. The van der Waals surface area contributed by atoms with E-state index in [0.29, 0.717) is 5.92 Å². The molecule has 2 nitrogen and oxygen atoms in total. The summed E-state index contributed by atoms with van der Waals surface area (Å²) in [7, 11) is 0. The van der Waals surface area contributed by atoms with Gasteiger partial charge in [-0.05, 0) is 15.6 Å². The third kappa shape index (κ3) is 3.51. The van der Waals surface area contributed by atoms with Gasteiger partial charge in [0.2, 0.25) is 0 Å². The van der Waals surface area contributed by atoms with Gasteiger partial charge in [-0.2, -0.15) is 5.10 Å². The van der Waals surface area contributed by atoms with E-state index >= 15 is 0 Å². The van der Waals surface area contributed by atoms with Crippen LogP contribution in [0.2, 0.25) is 0 Å². The summed E-state index contributed by atoms with van der Waals surface area (Å²) in [6.45, 7) is 4.21. The molecule has 0 saturated carbocycles. The van der Waals surface area contributed by atoms with Crippen LogP contribution in [0.25, 0.3) is 0 Å². The van der Waals surface area contributed by atoms with E-state index in [1.54, 1.807) is 6.21 Å². The Morgan fingerprint density at radius 2 is 2.22 bits per heavy atom. The first kappa shape index (κ1) is 8.94. The second kappa shape index (κ2) is 4.78. The molecular weight excluding hydrogens is 227 g/mol. The van der Waals surface area contributed by atoms with Crippen LogP contribution >= 0.6 is 22.6 Å². The lowest BCUT2D eigenvalue weighted by atomic mass is 10.1. The van der Waals surface area contributed by atoms with Gasteiger partial charge in [0.15, 0.2) is 0 Å². The van der Waals surface area contributed by atoms with E-state index in [4.69, 9.17) is 5.84 Å². The maximum absolute atomic E-state index is 4.97. The predicted octanol–water partition coefficient (Wildman–Crippen LogP) is 1.91. The molecule has 0 fully saturated rings. The summed E-state index contributed by atoms with van der Waals surface area (Å²) in [6, 6.07) is 0. The van der Waals surface area contributed by atoms with Crippen molar-refractivity contribution in [1.82, 2.24) is 0 Å². The molecule has 2 N–H and O–H groups in total. The quantitative estimate of drug-likeness (QED) is 0.339. The monoisotopic (exact) mass is 238 g/mol. The van der Waals surface area contributed by atoms with Gasteiger partial charge in [0.05, 0.1) is 6.21 Å². The highest BCUT2D eigenvalue weighted by Gasteiger charge is 1.96. The number of allylic oxidation sites excluding steroid dienone is 1. The number of hydrogen-bond acceptors (Lipinski definition) is 2. The molecule has 0 aliphatic carbocycles. The highest BCUT2D eigenvalue weighted by Crippen LogP contribution is 2.08. The Kier molecular flexibility index (Phi) is 4.75. The first-order valence-electron chi connectivity index (χ1n) is 2.76. The van der Waals surface area contributed by atoms with Crippen molar-refractivity contribution in [2.75, 3.05) is 0 Å². The summed E-state index contributed by atoms with van der Waals surface area (Å²) in [6.07, 6.45) is 1.68. The van der Waals surface area contributed by atoms with Crippen LogP contribution in [0, 0.1) is 5.92 Å². The zero-order valence-corrected chi connectivity index (χ0v) is 7.79. The fourth-order valence-electron chi connectivity index (χ4n) is 0.389. The lowest BCUT2D eigenvalue weighted by Crippen LogP contribution is -1.95. The largest absolute Gasteiger partial charge is 0.323 e. The number of rotatable bonds is 2. The summed E-state index contributed by atoms with van der Waals surface area (Å²) in [5, 5.41) is 3.43. The molecule has 9 heavy (non-hydrogen) atoms. The minimum Gasteiger partial charge on any atom is -0.323 e. The number of hydrogen-bond donors (Lipinski definition) is 1. The maximum Gasteiger partial charge on any atom is 0.0504 e. The molecule has 0 amide bonds. The lowest BCUT2D eigenvalue weighted by Gasteiger charge is -2.01. The Bertz CT molecular complexity index is 127. The van der Waals surface area contributed by atoms with E-state index in [1.807, 2.05) is 4.08 Å². The van der Waals surface area contributed by atoms with Gasteiger partial charge in [0, 0.05) is 0 Å². The molecule has 52 valence electrons. The molecule has 3 heteroatoms. The van der Waals surface area contributed by atoms with Gasteiger partial charge in [-0.1, -0.05) is 36.4 Å². The average Bonchev–Trinajstić information content (AvgIpc) is 1.82. The van der Waals surface area contributed by atoms with E-state index in [1.165, 1.54) is 0 Å². The smallest absolute Gasteiger partial charge is 0.0504 e. The predicted molar refractivity (Wildman–Crippen MR) is 49.6 cm³/mol. The summed E-state index contributed by atoms with van der Waals surface area (Å²) < 4.78 is 1.98. The molecule has 0 radical (unpaired) electrons. The molecule has 0 spiro atoms.